The average molecular weight is 298 g/mol. The van der Waals surface area contributed by atoms with E-state index in [1.807, 2.05) is 30.3 Å². The van der Waals surface area contributed by atoms with E-state index in [1.165, 1.54) is 5.56 Å². The average Bonchev–Trinajstić information content (AvgIpc) is 2.48. The van der Waals surface area contributed by atoms with Crippen molar-refractivity contribution in [2.45, 2.75) is 19.9 Å². The molecule has 0 aliphatic heterocycles. The Balaban J connectivity index is 1.98. The van der Waals surface area contributed by atoms with Crippen molar-refractivity contribution in [3.63, 3.8) is 0 Å². The second kappa shape index (κ2) is 5.70. The van der Waals surface area contributed by atoms with Crippen LogP contribution in [0.1, 0.15) is 24.1 Å². The Morgan fingerprint density at radius 2 is 1.90 bits per heavy atom. The molecule has 1 N–H and O–H groups in total. The van der Waals surface area contributed by atoms with Crippen LogP contribution in [0.4, 0.5) is 5.82 Å². The highest BCUT2D eigenvalue weighted by molar-refractivity contribution is 6.31. The molecule has 0 spiro atoms. The maximum atomic E-state index is 6.26. The molecule has 0 aliphatic rings. The number of hydrogen-bond donors (Lipinski definition) is 1. The fourth-order valence-corrected chi connectivity index (χ4v) is 2.69. The molecule has 3 rings (SSSR count). The fraction of sp³-hybridized carbons (Fsp3) is 0.176. The van der Waals surface area contributed by atoms with Crippen LogP contribution in [0.3, 0.4) is 0 Å². The van der Waals surface area contributed by atoms with Gasteiger partial charge in [0.05, 0.1) is 11.6 Å². The number of aryl methyl sites for hydroxylation is 1. The number of benzene rings is 2. The van der Waals surface area contributed by atoms with Crippen molar-refractivity contribution in [3.8, 4) is 0 Å². The third kappa shape index (κ3) is 2.83. The molecular formula is C17H16ClN3. The van der Waals surface area contributed by atoms with Crippen LogP contribution in [0, 0.1) is 6.92 Å². The van der Waals surface area contributed by atoms with Crippen molar-refractivity contribution >= 4 is 28.3 Å². The Bertz CT molecular complexity index is 786. The van der Waals surface area contributed by atoms with Crippen LogP contribution in [0.25, 0.3) is 10.9 Å². The van der Waals surface area contributed by atoms with Crippen LogP contribution in [0.5, 0.6) is 0 Å². The minimum Gasteiger partial charge on any atom is -0.363 e. The number of nitrogens with zero attached hydrogens (tertiary/aromatic N) is 2. The van der Waals surface area contributed by atoms with Gasteiger partial charge in [0.25, 0.3) is 0 Å². The zero-order valence-electron chi connectivity index (χ0n) is 12.0. The lowest BCUT2D eigenvalue weighted by Gasteiger charge is -2.17. The summed E-state index contributed by atoms with van der Waals surface area (Å²) in [6, 6.07) is 14.1. The fourth-order valence-electron chi connectivity index (χ4n) is 2.39. The Labute approximate surface area is 129 Å². The van der Waals surface area contributed by atoms with Gasteiger partial charge in [0.1, 0.15) is 12.1 Å². The molecule has 0 saturated carbocycles. The largest absolute Gasteiger partial charge is 0.363 e. The Morgan fingerprint density at radius 3 is 2.71 bits per heavy atom. The quantitative estimate of drug-likeness (QED) is 0.757. The van der Waals surface area contributed by atoms with Crippen molar-refractivity contribution in [2.75, 3.05) is 5.32 Å². The summed E-state index contributed by atoms with van der Waals surface area (Å²) >= 11 is 6.26. The van der Waals surface area contributed by atoms with E-state index in [9.17, 15) is 0 Å². The van der Waals surface area contributed by atoms with Crippen LogP contribution in [0.2, 0.25) is 5.02 Å². The van der Waals surface area contributed by atoms with Gasteiger partial charge in [-0.3, -0.25) is 0 Å². The number of hydrogen-bond acceptors (Lipinski definition) is 3. The van der Waals surface area contributed by atoms with Gasteiger partial charge in [-0.25, -0.2) is 9.97 Å². The first-order chi connectivity index (χ1) is 10.1. The van der Waals surface area contributed by atoms with Gasteiger partial charge in [0.2, 0.25) is 0 Å². The maximum absolute atomic E-state index is 6.26. The summed E-state index contributed by atoms with van der Waals surface area (Å²) in [6.45, 7) is 4.14. The van der Waals surface area contributed by atoms with Crippen molar-refractivity contribution in [1.29, 1.82) is 0 Å². The van der Waals surface area contributed by atoms with E-state index in [2.05, 4.69) is 41.3 Å². The van der Waals surface area contributed by atoms with Crippen LogP contribution in [-0.4, -0.2) is 9.97 Å². The first-order valence-electron chi connectivity index (χ1n) is 6.87. The van der Waals surface area contributed by atoms with Crippen molar-refractivity contribution in [2.24, 2.45) is 0 Å². The predicted molar refractivity (Wildman–Crippen MR) is 87.8 cm³/mol. The highest BCUT2D eigenvalue weighted by atomic mass is 35.5. The maximum Gasteiger partial charge on any atom is 0.137 e. The smallest absolute Gasteiger partial charge is 0.137 e. The van der Waals surface area contributed by atoms with E-state index in [0.717, 1.165) is 27.3 Å². The zero-order valence-corrected chi connectivity index (χ0v) is 12.7. The molecule has 0 bridgehead atoms. The van der Waals surface area contributed by atoms with E-state index >= 15 is 0 Å². The monoisotopic (exact) mass is 297 g/mol. The Kier molecular flexibility index (Phi) is 3.76. The second-order valence-electron chi connectivity index (χ2n) is 5.13. The molecule has 3 nitrogen and oxygen atoms in total. The lowest BCUT2D eigenvalue weighted by atomic mass is 10.1. The van der Waals surface area contributed by atoms with Gasteiger partial charge < -0.3 is 5.32 Å². The zero-order chi connectivity index (χ0) is 14.8. The third-order valence-electron chi connectivity index (χ3n) is 3.52. The lowest BCUT2D eigenvalue weighted by Crippen LogP contribution is -2.09. The molecule has 1 atom stereocenters. The molecule has 0 amide bonds. The molecule has 4 heteroatoms. The van der Waals surface area contributed by atoms with Crippen molar-refractivity contribution in [3.05, 3.63) is 64.9 Å². The second-order valence-corrected chi connectivity index (χ2v) is 5.54. The van der Waals surface area contributed by atoms with Gasteiger partial charge in [-0.2, -0.15) is 0 Å². The van der Waals surface area contributed by atoms with Gasteiger partial charge in [0, 0.05) is 10.4 Å². The summed E-state index contributed by atoms with van der Waals surface area (Å²) in [5.74, 6) is 0.830. The van der Waals surface area contributed by atoms with Crippen molar-refractivity contribution < 1.29 is 0 Å². The number of nitrogens with one attached hydrogen (secondary N) is 1. The van der Waals surface area contributed by atoms with Gasteiger partial charge >= 0.3 is 0 Å². The summed E-state index contributed by atoms with van der Waals surface area (Å²) in [5.41, 5.74) is 3.17. The summed E-state index contributed by atoms with van der Waals surface area (Å²) in [7, 11) is 0. The minimum atomic E-state index is 0.0670. The normalized spacial score (nSPS) is 12.3. The number of rotatable bonds is 3. The van der Waals surface area contributed by atoms with E-state index < -0.39 is 0 Å². The van der Waals surface area contributed by atoms with E-state index in [-0.39, 0.29) is 6.04 Å². The molecule has 0 saturated heterocycles. The highest BCUT2D eigenvalue weighted by Crippen LogP contribution is 2.28. The predicted octanol–water partition coefficient (Wildman–Crippen LogP) is 4.76. The molecule has 0 radical (unpaired) electrons. The summed E-state index contributed by atoms with van der Waals surface area (Å²) in [5, 5.41) is 5.21. The Morgan fingerprint density at radius 1 is 1.10 bits per heavy atom. The van der Waals surface area contributed by atoms with Gasteiger partial charge in [-0.05, 0) is 37.6 Å². The number of anilines is 1. The summed E-state index contributed by atoms with van der Waals surface area (Å²) < 4.78 is 0. The van der Waals surface area contributed by atoms with Crippen LogP contribution < -0.4 is 5.32 Å². The molecule has 1 heterocycles. The molecular weight excluding hydrogens is 282 g/mol. The molecule has 21 heavy (non-hydrogen) atoms. The molecule has 3 aromatic rings. The Hall–Kier alpha value is -2.13. The third-order valence-corrected chi connectivity index (χ3v) is 3.86. The van der Waals surface area contributed by atoms with Crippen LogP contribution in [-0.2, 0) is 0 Å². The first-order valence-corrected chi connectivity index (χ1v) is 7.25. The van der Waals surface area contributed by atoms with Crippen LogP contribution in [0.15, 0.2) is 48.8 Å². The molecule has 2 aromatic carbocycles. The molecule has 106 valence electrons. The molecule has 1 aromatic heterocycles. The first kappa shape index (κ1) is 13.8. The molecule has 1 unspecified atom stereocenters. The van der Waals surface area contributed by atoms with E-state index in [4.69, 9.17) is 11.6 Å². The highest BCUT2D eigenvalue weighted by Gasteiger charge is 2.11. The minimum absolute atomic E-state index is 0.0670. The van der Waals surface area contributed by atoms with Crippen LogP contribution >= 0.6 is 11.6 Å². The van der Waals surface area contributed by atoms with Gasteiger partial charge in [-0.1, -0.05) is 41.4 Å². The standard InChI is InChI=1S/C17H16ClN3/c1-11-7-8-16-14(9-11)17(20-10-19-16)21-12(2)13-5-3-4-6-15(13)18/h3-10,12H,1-2H3,(H,19,20,21). The molecule has 0 fully saturated rings. The molecule has 0 aliphatic carbocycles. The number of halogens is 1. The summed E-state index contributed by atoms with van der Waals surface area (Å²) in [6.07, 6.45) is 1.58. The van der Waals surface area contributed by atoms with E-state index in [0.29, 0.717) is 0 Å². The number of fused-ring (bicyclic) bond motifs is 1. The summed E-state index contributed by atoms with van der Waals surface area (Å²) in [4.78, 5) is 8.68. The van der Waals surface area contributed by atoms with E-state index in [1.54, 1.807) is 6.33 Å². The van der Waals surface area contributed by atoms with Gasteiger partial charge in [0.15, 0.2) is 0 Å². The van der Waals surface area contributed by atoms with Gasteiger partial charge in [-0.15, -0.1) is 0 Å². The topological polar surface area (TPSA) is 37.8 Å². The van der Waals surface area contributed by atoms with Crippen molar-refractivity contribution in [1.82, 2.24) is 9.97 Å². The number of aromatic nitrogens is 2. The lowest BCUT2D eigenvalue weighted by molar-refractivity contribution is 0.876. The SMILES string of the molecule is Cc1ccc2ncnc(NC(C)c3ccccc3Cl)c2c1.